The highest BCUT2D eigenvalue weighted by Gasteiger charge is 2.10. The van der Waals surface area contributed by atoms with Crippen LogP contribution in [0.3, 0.4) is 0 Å². The molecule has 2 aromatic carbocycles. The summed E-state index contributed by atoms with van der Waals surface area (Å²) in [5.41, 5.74) is 1.89. The molecule has 0 aliphatic rings. The van der Waals surface area contributed by atoms with Crippen LogP contribution in [0.2, 0.25) is 5.02 Å². The Balaban J connectivity index is 1.46. The number of amides is 1. The van der Waals surface area contributed by atoms with E-state index in [1.165, 1.54) is 0 Å². The number of halogens is 1. The number of benzene rings is 2. The lowest BCUT2D eigenvalue weighted by atomic mass is 10.1. The van der Waals surface area contributed by atoms with E-state index in [9.17, 15) is 4.79 Å². The molecule has 0 unspecified atom stereocenters. The van der Waals surface area contributed by atoms with Gasteiger partial charge >= 0.3 is 0 Å². The Hall–Kier alpha value is -2.86. The number of hydrogen-bond acceptors (Lipinski definition) is 5. The first-order valence-corrected chi connectivity index (χ1v) is 9.00. The van der Waals surface area contributed by atoms with E-state index in [1.54, 1.807) is 7.11 Å². The van der Waals surface area contributed by atoms with Crippen molar-refractivity contribution >= 4 is 17.5 Å². The minimum atomic E-state index is -0.0573. The summed E-state index contributed by atoms with van der Waals surface area (Å²) in [6.07, 6.45) is 1.96. The number of nitrogens with zero attached hydrogens (tertiary/aromatic N) is 2. The smallest absolute Gasteiger partial charge is 0.247 e. The Morgan fingerprint density at radius 1 is 1.19 bits per heavy atom. The van der Waals surface area contributed by atoms with Crippen LogP contribution in [0, 0.1) is 0 Å². The maximum absolute atomic E-state index is 12.0. The van der Waals surface area contributed by atoms with E-state index in [-0.39, 0.29) is 12.5 Å². The molecule has 27 heavy (non-hydrogen) atoms. The van der Waals surface area contributed by atoms with Gasteiger partial charge in [-0.3, -0.25) is 4.79 Å². The van der Waals surface area contributed by atoms with Gasteiger partial charge in [-0.15, -0.1) is 10.2 Å². The minimum absolute atomic E-state index is 0.0573. The summed E-state index contributed by atoms with van der Waals surface area (Å²) in [5.74, 6) is 1.40. The Bertz CT molecular complexity index is 911. The fourth-order valence-electron chi connectivity index (χ4n) is 2.61. The molecule has 3 aromatic rings. The molecule has 1 amide bonds. The van der Waals surface area contributed by atoms with Crippen molar-refractivity contribution in [3.63, 3.8) is 0 Å². The molecule has 0 spiro atoms. The summed E-state index contributed by atoms with van der Waals surface area (Å²) in [6, 6.07) is 15.0. The highest BCUT2D eigenvalue weighted by molar-refractivity contribution is 6.30. The standard InChI is InChI=1S/C20H20ClN3O3/c1-26-17-9-4-7-15(12-17)20-24-23-19(27-20)13-22-18(25)10-3-6-14-5-2-8-16(21)11-14/h2,4-5,7-9,11-12H,3,6,10,13H2,1H3,(H,22,25). The van der Waals surface area contributed by atoms with E-state index in [4.69, 9.17) is 20.8 Å². The number of aryl methyl sites for hydroxylation is 1. The summed E-state index contributed by atoms with van der Waals surface area (Å²) in [4.78, 5) is 12.0. The number of carbonyl (C=O) groups excluding carboxylic acids is 1. The van der Waals surface area contributed by atoms with Gasteiger partial charge in [0.2, 0.25) is 17.7 Å². The summed E-state index contributed by atoms with van der Waals surface area (Å²) in [5, 5.41) is 11.5. The summed E-state index contributed by atoms with van der Waals surface area (Å²) < 4.78 is 10.8. The Morgan fingerprint density at radius 3 is 2.85 bits per heavy atom. The van der Waals surface area contributed by atoms with Crippen molar-refractivity contribution in [2.75, 3.05) is 7.11 Å². The molecule has 1 aromatic heterocycles. The molecule has 1 heterocycles. The van der Waals surface area contributed by atoms with Crippen molar-refractivity contribution in [2.24, 2.45) is 0 Å². The fraction of sp³-hybridized carbons (Fsp3) is 0.250. The largest absolute Gasteiger partial charge is 0.497 e. The molecule has 0 aliphatic heterocycles. The van der Waals surface area contributed by atoms with Gasteiger partial charge in [0.15, 0.2) is 0 Å². The van der Waals surface area contributed by atoms with E-state index in [0.29, 0.717) is 29.0 Å². The first-order valence-electron chi connectivity index (χ1n) is 8.62. The maximum atomic E-state index is 12.0. The number of methoxy groups -OCH3 is 1. The van der Waals surface area contributed by atoms with Gasteiger partial charge in [0, 0.05) is 17.0 Å². The second-order valence-electron chi connectivity index (χ2n) is 5.99. The highest BCUT2D eigenvalue weighted by atomic mass is 35.5. The van der Waals surface area contributed by atoms with Gasteiger partial charge in [-0.2, -0.15) is 0 Å². The topological polar surface area (TPSA) is 77.3 Å². The van der Waals surface area contributed by atoms with Crippen LogP contribution in [0.15, 0.2) is 52.9 Å². The van der Waals surface area contributed by atoms with Crippen molar-refractivity contribution in [1.82, 2.24) is 15.5 Å². The van der Waals surface area contributed by atoms with Gasteiger partial charge in [0.05, 0.1) is 13.7 Å². The van der Waals surface area contributed by atoms with Gasteiger partial charge < -0.3 is 14.5 Å². The van der Waals surface area contributed by atoms with E-state index in [1.807, 2.05) is 48.5 Å². The van der Waals surface area contributed by atoms with Gasteiger partial charge in [-0.05, 0) is 48.7 Å². The molecule has 0 bridgehead atoms. The van der Waals surface area contributed by atoms with Crippen molar-refractivity contribution in [3.8, 4) is 17.2 Å². The van der Waals surface area contributed by atoms with E-state index >= 15 is 0 Å². The predicted molar refractivity (Wildman–Crippen MR) is 103 cm³/mol. The minimum Gasteiger partial charge on any atom is -0.497 e. The molecular weight excluding hydrogens is 366 g/mol. The third-order valence-electron chi connectivity index (χ3n) is 3.98. The first kappa shape index (κ1) is 18.9. The van der Waals surface area contributed by atoms with Crippen LogP contribution in [0.1, 0.15) is 24.3 Å². The number of aromatic nitrogens is 2. The lowest BCUT2D eigenvalue weighted by Gasteiger charge is -2.03. The third kappa shape index (κ3) is 5.56. The quantitative estimate of drug-likeness (QED) is 0.633. The van der Waals surface area contributed by atoms with Crippen LogP contribution in [-0.4, -0.2) is 23.2 Å². The summed E-state index contributed by atoms with van der Waals surface area (Å²) >= 11 is 5.96. The summed E-state index contributed by atoms with van der Waals surface area (Å²) in [7, 11) is 1.60. The third-order valence-corrected chi connectivity index (χ3v) is 4.21. The van der Waals surface area contributed by atoms with Crippen LogP contribution in [-0.2, 0) is 17.8 Å². The van der Waals surface area contributed by atoms with Crippen LogP contribution < -0.4 is 10.1 Å². The molecule has 0 saturated carbocycles. The van der Waals surface area contributed by atoms with Gasteiger partial charge in [0.1, 0.15) is 5.75 Å². The molecule has 0 saturated heterocycles. The van der Waals surface area contributed by atoms with Gasteiger partial charge in [0.25, 0.3) is 0 Å². The highest BCUT2D eigenvalue weighted by Crippen LogP contribution is 2.22. The monoisotopic (exact) mass is 385 g/mol. The Morgan fingerprint density at radius 2 is 2.04 bits per heavy atom. The zero-order valence-electron chi connectivity index (χ0n) is 14.9. The van der Waals surface area contributed by atoms with Crippen LogP contribution in [0.4, 0.5) is 0 Å². The SMILES string of the molecule is COc1cccc(-c2nnc(CNC(=O)CCCc3cccc(Cl)c3)o2)c1. The fourth-order valence-corrected chi connectivity index (χ4v) is 2.82. The molecule has 0 atom stereocenters. The van der Waals surface area contributed by atoms with Crippen LogP contribution in [0.25, 0.3) is 11.5 Å². The molecule has 140 valence electrons. The second-order valence-corrected chi connectivity index (χ2v) is 6.43. The van der Waals surface area contributed by atoms with Crippen molar-refractivity contribution in [2.45, 2.75) is 25.8 Å². The average Bonchev–Trinajstić information content (AvgIpc) is 3.16. The molecule has 0 radical (unpaired) electrons. The Kier molecular flexibility index (Phi) is 6.44. The molecule has 6 nitrogen and oxygen atoms in total. The average molecular weight is 386 g/mol. The van der Waals surface area contributed by atoms with E-state index < -0.39 is 0 Å². The van der Waals surface area contributed by atoms with Crippen molar-refractivity contribution in [1.29, 1.82) is 0 Å². The van der Waals surface area contributed by atoms with E-state index in [2.05, 4.69) is 15.5 Å². The second kappa shape index (κ2) is 9.19. The zero-order chi connectivity index (χ0) is 19.1. The first-order chi connectivity index (χ1) is 13.1. The lowest BCUT2D eigenvalue weighted by Crippen LogP contribution is -2.22. The predicted octanol–water partition coefficient (Wildman–Crippen LogP) is 4.04. The molecular formula is C20H20ClN3O3. The normalized spacial score (nSPS) is 10.6. The summed E-state index contributed by atoms with van der Waals surface area (Å²) in [6.45, 7) is 0.201. The van der Waals surface area contributed by atoms with Crippen molar-refractivity contribution < 1.29 is 13.9 Å². The van der Waals surface area contributed by atoms with Crippen LogP contribution >= 0.6 is 11.6 Å². The lowest BCUT2D eigenvalue weighted by molar-refractivity contribution is -0.121. The molecule has 0 aliphatic carbocycles. The van der Waals surface area contributed by atoms with E-state index in [0.717, 1.165) is 24.0 Å². The maximum Gasteiger partial charge on any atom is 0.247 e. The van der Waals surface area contributed by atoms with Gasteiger partial charge in [-0.25, -0.2) is 0 Å². The number of carbonyl (C=O) groups is 1. The molecule has 1 N–H and O–H groups in total. The number of rotatable bonds is 8. The number of nitrogens with one attached hydrogen (secondary N) is 1. The van der Waals surface area contributed by atoms with Crippen LogP contribution in [0.5, 0.6) is 5.75 Å². The molecule has 7 heteroatoms. The van der Waals surface area contributed by atoms with Crippen molar-refractivity contribution in [3.05, 3.63) is 65.0 Å². The molecule has 3 rings (SSSR count). The number of hydrogen-bond donors (Lipinski definition) is 1. The Labute approximate surface area is 162 Å². The van der Waals surface area contributed by atoms with Gasteiger partial charge in [-0.1, -0.05) is 29.8 Å². The zero-order valence-corrected chi connectivity index (χ0v) is 15.7. The number of ether oxygens (including phenoxy) is 1. The molecule has 0 fully saturated rings.